The zero-order valence-corrected chi connectivity index (χ0v) is 41.2. The monoisotopic (exact) mass is 950 g/mol. The van der Waals surface area contributed by atoms with Gasteiger partial charge in [-0.1, -0.05) is 272 Å². The van der Waals surface area contributed by atoms with E-state index in [1.807, 2.05) is 0 Å². The Labute approximate surface area is 391 Å². The van der Waals surface area contributed by atoms with Gasteiger partial charge >= 0.3 is 0 Å². The van der Waals surface area contributed by atoms with Gasteiger partial charge in [0.05, 0.1) is 0 Å². The van der Waals surface area contributed by atoms with Crippen LogP contribution in [0.1, 0.15) is 161 Å². The predicted molar refractivity (Wildman–Crippen MR) is 283 cm³/mol. The van der Waals surface area contributed by atoms with Crippen LogP contribution in [0, 0.1) is 5.92 Å². The summed E-state index contributed by atoms with van der Waals surface area (Å²) in [4.78, 5) is 0. The molecule has 0 N–H and O–H groups in total. The average Bonchev–Trinajstić information content (AvgIpc) is 3.29. The third kappa shape index (κ3) is 12.4. The van der Waals surface area contributed by atoms with Crippen LogP contribution in [0.15, 0.2) is 124 Å². The lowest BCUT2D eigenvalue weighted by molar-refractivity contribution is 0.371. The van der Waals surface area contributed by atoms with Gasteiger partial charge in [0.15, 0.2) is 0 Å². The molecule has 0 aromatic heterocycles. The fourth-order valence-electron chi connectivity index (χ4n) is 10.4. The van der Waals surface area contributed by atoms with E-state index in [1.165, 1.54) is 212 Å². The zero-order chi connectivity index (χ0) is 42.9. The summed E-state index contributed by atoms with van der Waals surface area (Å²) in [6, 6.07) is 43.7. The molecule has 0 bridgehead atoms. The number of halogens is 2. The summed E-state index contributed by atoms with van der Waals surface area (Å²) in [5, 5.41) is 10.3. The molecule has 0 heterocycles. The van der Waals surface area contributed by atoms with E-state index in [-0.39, 0.29) is 0 Å². The lowest BCUT2D eigenvalue weighted by atomic mass is 9.82. The van der Waals surface area contributed by atoms with Gasteiger partial charge in [0.25, 0.3) is 0 Å². The maximum Gasteiger partial charge on any atom is 0.0181 e. The van der Waals surface area contributed by atoms with Crippen LogP contribution in [0.3, 0.4) is 0 Å². The van der Waals surface area contributed by atoms with Crippen LogP contribution in [0.4, 0.5) is 0 Å². The Morgan fingerprint density at radius 3 is 1.27 bits per heavy atom. The molecule has 7 aromatic rings. The Kier molecular flexibility index (Phi) is 18.4. The fourth-order valence-corrected chi connectivity index (χ4v) is 11.1. The Morgan fingerprint density at radius 2 is 0.790 bits per heavy atom. The molecule has 0 fully saturated rings. The molecule has 0 nitrogen and oxygen atoms in total. The van der Waals surface area contributed by atoms with Gasteiger partial charge in [-0.15, -0.1) is 0 Å². The molecule has 1 unspecified atom stereocenters. The van der Waals surface area contributed by atoms with Gasteiger partial charge in [-0.05, 0) is 114 Å². The lowest BCUT2D eigenvalue weighted by Gasteiger charge is -2.21. The first-order valence-electron chi connectivity index (χ1n) is 24.9. The van der Waals surface area contributed by atoms with Crippen molar-refractivity contribution in [2.75, 3.05) is 0 Å². The van der Waals surface area contributed by atoms with Gasteiger partial charge in [0.2, 0.25) is 0 Å². The molecule has 0 saturated carbocycles. The van der Waals surface area contributed by atoms with Crippen molar-refractivity contribution in [3.05, 3.63) is 130 Å². The highest BCUT2D eigenvalue weighted by atomic mass is 79.9. The van der Waals surface area contributed by atoms with Crippen molar-refractivity contribution in [3.8, 4) is 22.3 Å². The van der Waals surface area contributed by atoms with Crippen molar-refractivity contribution < 1.29 is 0 Å². The number of hydrogen-bond donors (Lipinski definition) is 0. The minimum absolute atomic E-state index is 0.883. The molecule has 2 heteroatoms. The van der Waals surface area contributed by atoms with E-state index in [4.69, 9.17) is 0 Å². The average molecular weight is 953 g/mol. The molecule has 0 amide bonds. The molecule has 0 aliphatic carbocycles. The molecule has 0 aliphatic rings. The quantitative estimate of drug-likeness (QED) is 0.0288. The number of hydrogen-bond acceptors (Lipinski definition) is 0. The lowest BCUT2D eigenvalue weighted by Crippen LogP contribution is -2.02. The SMILES string of the molecule is CCCCCCCCCCCCC(CCCCCCCCCC)CCCc1ccc(-c2c3ccc4ccc(Br)cc4c3c(-c3ccccc3)c3c2ccc2ccc(Br)cc23)cc1. The van der Waals surface area contributed by atoms with E-state index < -0.39 is 0 Å². The molecule has 0 radical (unpaired) electrons. The van der Waals surface area contributed by atoms with Crippen molar-refractivity contribution in [3.63, 3.8) is 0 Å². The van der Waals surface area contributed by atoms with E-state index in [0.717, 1.165) is 21.3 Å². The number of rotatable bonds is 26. The number of unbranched alkanes of at least 4 members (excludes halogenated alkanes) is 16. The molecular weight excluding hydrogens is 880 g/mol. The van der Waals surface area contributed by atoms with Crippen molar-refractivity contribution in [1.82, 2.24) is 0 Å². The molecule has 7 aromatic carbocycles. The van der Waals surface area contributed by atoms with E-state index in [2.05, 4.69) is 161 Å². The minimum Gasteiger partial charge on any atom is -0.0654 e. The van der Waals surface area contributed by atoms with Crippen LogP contribution in [-0.2, 0) is 6.42 Å². The fraction of sp³-hybridized carbons (Fsp3) is 0.433. The third-order valence-electron chi connectivity index (χ3n) is 13.8. The molecule has 326 valence electrons. The van der Waals surface area contributed by atoms with Crippen molar-refractivity contribution in [1.29, 1.82) is 0 Å². The second-order valence-electron chi connectivity index (χ2n) is 18.5. The Balaban J connectivity index is 1.11. The van der Waals surface area contributed by atoms with Crippen molar-refractivity contribution in [2.24, 2.45) is 5.92 Å². The normalized spacial score (nSPS) is 12.3. The number of fused-ring (bicyclic) bond motifs is 6. The smallest absolute Gasteiger partial charge is 0.0181 e. The largest absolute Gasteiger partial charge is 0.0654 e. The molecular formula is C60H72Br2. The Hall–Kier alpha value is -3.46. The summed E-state index contributed by atoms with van der Waals surface area (Å²) >= 11 is 7.70. The molecule has 0 aliphatic heterocycles. The molecule has 0 spiro atoms. The predicted octanol–water partition coefficient (Wildman–Crippen LogP) is 20.9. The molecule has 1 atom stereocenters. The highest BCUT2D eigenvalue weighted by Crippen LogP contribution is 2.49. The van der Waals surface area contributed by atoms with Gasteiger partial charge in [0.1, 0.15) is 0 Å². The highest BCUT2D eigenvalue weighted by molar-refractivity contribution is 9.10. The maximum atomic E-state index is 3.85. The number of benzene rings is 7. The van der Waals surface area contributed by atoms with Crippen LogP contribution in [0.2, 0.25) is 0 Å². The summed E-state index contributed by atoms with van der Waals surface area (Å²) in [5.41, 5.74) is 6.64. The van der Waals surface area contributed by atoms with Crippen LogP contribution in [0.5, 0.6) is 0 Å². The third-order valence-corrected chi connectivity index (χ3v) is 14.8. The summed E-state index contributed by atoms with van der Waals surface area (Å²) in [7, 11) is 0. The van der Waals surface area contributed by atoms with Crippen LogP contribution in [-0.4, -0.2) is 0 Å². The van der Waals surface area contributed by atoms with E-state index >= 15 is 0 Å². The van der Waals surface area contributed by atoms with Crippen molar-refractivity contribution in [2.45, 2.75) is 162 Å². The topological polar surface area (TPSA) is 0 Å². The molecule has 0 saturated heterocycles. The van der Waals surface area contributed by atoms with Gasteiger partial charge in [0, 0.05) is 8.95 Å². The Bertz CT molecular complexity index is 2340. The first-order valence-corrected chi connectivity index (χ1v) is 26.5. The molecule has 62 heavy (non-hydrogen) atoms. The maximum absolute atomic E-state index is 3.85. The van der Waals surface area contributed by atoms with E-state index in [9.17, 15) is 0 Å². The Morgan fingerprint density at radius 1 is 0.371 bits per heavy atom. The van der Waals surface area contributed by atoms with Crippen LogP contribution >= 0.6 is 31.9 Å². The summed E-state index contributed by atoms with van der Waals surface area (Å²) < 4.78 is 2.21. The van der Waals surface area contributed by atoms with Gasteiger partial charge in [-0.2, -0.15) is 0 Å². The van der Waals surface area contributed by atoms with Crippen molar-refractivity contribution >= 4 is 74.9 Å². The summed E-state index contributed by atoms with van der Waals surface area (Å²) in [5.74, 6) is 0.883. The minimum atomic E-state index is 0.883. The first kappa shape index (κ1) is 46.5. The van der Waals surface area contributed by atoms with Crippen LogP contribution in [0.25, 0.3) is 65.3 Å². The van der Waals surface area contributed by atoms with Crippen LogP contribution < -0.4 is 0 Å². The number of aryl methyl sites for hydroxylation is 1. The van der Waals surface area contributed by atoms with Gasteiger partial charge < -0.3 is 0 Å². The van der Waals surface area contributed by atoms with Gasteiger partial charge in [-0.25, -0.2) is 0 Å². The first-order chi connectivity index (χ1) is 30.6. The standard InChI is InChI=1S/C60H72Br2/c1-3-5-7-9-11-13-14-16-18-21-26-45(25-20-17-15-12-10-8-6-4-2)27-24-28-46-31-33-50(34-32-46)57-53-41-37-47-35-39-51(61)43-55(47)59(53)58(49-29-22-19-23-30-49)60-54(57)42-38-48-36-40-52(62)44-56(48)60/h19,22-23,29-45H,3-18,20-21,24-28H2,1-2H3. The molecule has 7 rings (SSSR count). The second kappa shape index (κ2) is 24.6. The zero-order valence-electron chi connectivity index (χ0n) is 38.1. The summed E-state index contributed by atoms with van der Waals surface area (Å²) in [6.07, 6.45) is 32.3. The van der Waals surface area contributed by atoms with E-state index in [0.29, 0.717) is 0 Å². The van der Waals surface area contributed by atoms with E-state index in [1.54, 1.807) is 0 Å². The summed E-state index contributed by atoms with van der Waals surface area (Å²) in [6.45, 7) is 4.64. The second-order valence-corrected chi connectivity index (χ2v) is 20.3. The highest BCUT2D eigenvalue weighted by Gasteiger charge is 2.21. The van der Waals surface area contributed by atoms with Gasteiger partial charge in [-0.3, -0.25) is 0 Å².